The molecule has 0 bridgehead atoms. The second kappa shape index (κ2) is 7.96. The number of carbonyl (C=O) groups excluding carboxylic acids is 1. The van der Waals surface area contributed by atoms with Crippen molar-refractivity contribution in [2.24, 2.45) is 0 Å². The minimum Gasteiger partial charge on any atom is -0.481 e. The third-order valence-corrected chi connectivity index (χ3v) is 4.12. The maximum atomic E-state index is 12.0. The zero-order chi connectivity index (χ0) is 16.8. The number of thioether (sulfide) groups is 1. The van der Waals surface area contributed by atoms with Gasteiger partial charge in [0, 0.05) is 24.2 Å². The van der Waals surface area contributed by atoms with Crippen LogP contribution in [0.3, 0.4) is 0 Å². The van der Waals surface area contributed by atoms with E-state index in [2.05, 4.69) is 25.5 Å². The molecular weight excluding hydrogens is 314 g/mol. The van der Waals surface area contributed by atoms with Gasteiger partial charge in [-0.15, -0.1) is 5.10 Å². The zero-order valence-electron chi connectivity index (χ0n) is 13.8. The van der Waals surface area contributed by atoms with E-state index in [1.165, 1.54) is 11.8 Å². The Kier molecular flexibility index (Phi) is 5.97. The van der Waals surface area contributed by atoms with Crippen LogP contribution in [0.5, 0.6) is 5.88 Å². The Bertz CT molecular complexity index is 687. The molecule has 0 unspecified atom stereocenters. The highest BCUT2D eigenvalue weighted by Gasteiger charge is 2.12. The van der Waals surface area contributed by atoms with Crippen LogP contribution in [0, 0.1) is 13.8 Å². The van der Waals surface area contributed by atoms with E-state index in [-0.39, 0.29) is 11.7 Å². The van der Waals surface area contributed by atoms with Crippen LogP contribution in [-0.4, -0.2) is 38.9 Å². The molecule has 23 heavy (non-hydrogen) atoms. The number of pyridine rings is 1. The maximum Gasteiger partial charge on any atom is 0.230 e. The summed E-state index contributed by atoms with van der Waals surface area (Å²) in [5, 5.41) is 10.3. The Morgan fingerprint density at radius 3 is 2.83 bits per heavy atom. The first-order valence-electron chi connectivity index (χ1n) is 7.35. The SMILES string of the molecule is CCc1nc(SCC(=O)NCc2c(C)cc(C)nc2OC)n[nH]1. The van der Waals surface area contributed by atoms with E-state index in [9.17, 15) is 4.79 Å². The summed E-state index contributed by atoms with van der Waals surface area (Å²) in [7, 11) is 1.58. The van der Waals surface area contributed by atoms with Crippen molar-refractivity contribution in [3.8, 4) is 5.88 Å². The average Bonchev–Trinajstić information content (AvgIpc) is 2.99. The van der Waals surface area contributed by atoms with Crippen molar-refractivity contribution < 1.29 is 9.53 Å². The number of H-pyrrole nitrogens is 1. The number of aryl methyl sites for hydroxylation is 3. The highest BCUT2D eigenvalue weighted by atomic mass is 32.2. The van der Waals surface area contributed by atoms with E-state index in [1.807, 2.05) is 26.8 Å². The minimum atomic E-state index is -0.0834. The lowest BCUT2D eigenvalue weighted by Gasteiger charge is -2.12. The molecule has 2 N–H and O–H groups in total. The Morgan fingerprint density at radius 1 is 1.39 bits per heavy atom. The van der Waals surface area contributed by atoms with Gasteiger partial charge in [0.1, 0.15) is 5.82 Å². The van der Waals surface area contributed by atoms with Crippen LogP contribution < -0.4 is 10.1 Å². The van der Waals surface area contributed by atoms with Gasteiger partial charge in [-0.25, -0.2) is 9.97 Å². The number of amides is 1. The predicted molar refractivity (Wildman–Crippen MR) is 88.6 cm³/mol. The van der Waals surface area contributed by atoms with Gasteiger partial charge in [0.2, 0.25) is 16.9 Å². The summed E-state index contributed by atoms with van der Waals surface area (Å²) in [5.41, 5.74) is 2.83. The van der Waals surface area contributed by atoms with Gasteiger partial charge >= 0.3 is 0 Å². The fourth-order valence-corrected chi connectivity index (χ4v) is 2.73. The van der Waals surface area contributed by atoms with Crippen molar-refractivity contribution in [1.82, 2.24) is 25.5 Å². The largest absolute Gasteiger partial charge is 0.481 e. The predicted octanol–water partition coefficient (Wildman–Crippen LogP) is 1.80. The van der Waals surface area contributed by atoms with E-state index < -0.39 is 0 Å². The lowest BCUT2D eigenvalue weighted by molar-refractivity contribution is -0.118. The van der Waals surface area contributed by atoms with Crippen LogP contribution >= 0.6 is 11.8 Å². The van der Waals surface area contributed by atoms with Crippen LogP contribution in [0.2, 0.25) is 0 Å². The number of rotatable bonds is 7. The Morgan fingerprint density at radius 2 is 2.17 bits per heavy atom. The summed E-state index contributed by atoms with van der Waals surface area (Å²) < 4.78 is 5.29. The van der Waals surface area contributed by atoms with Gasteiger partial charge in [-0.2, -0.15) is 0 Å². The monoisotopic (exact) mass is 335 g/mol. The van der Waals surface area contributed by atoms with E-state index in [4.69, 9.17) is 4.74 Å². The number of nitrogens with one attached hydrogen (secondary N) is 2. The second-order valence-corrected chi connectivity index (χ2v) is 5.99. The number of methoxy groups -OCH3 is 1. The molecular formula is C15H21N5O2S. The van der Waals surface area contributed by atoms with Crippen LogP contribution in [0.25, 0.3) is 0 Å². The smallest absolute Gasteiger partial charge is 0.230 e. The molecule has 0 saturated carbocycles. The maximum absolute atomic E-state index is 12.0. The number of hydrogen-bond acceptors (Lipinski definition) is 6. The second-order valence-electron chi connectivity index (χ2n) is 5.05. The summed E-state index contributed by atoms with van der Waals surface area (Å²) in [6.07, 6.45) is 0.791. The average molecular weight is 335 g/mol. The topological polar surface area (TPSA) is 92.8 Å². The molecule has 0 spiro atoms. The first-order valence-corrected chi connectivity index (χ1v) is 8.34. The van der Waals surface area contributed by atoms with Crippen molar-refractivity contribution >= 4 is 17.7 Å². The molecule has 7 nitrogen and oxygen atoms in total. The molecule has 0 saturated heterocycles. The third kappa shape index (κ3) is 4.69. The quantitative estimate of drug-likeness (QED) is 0.750. The van der Waals surface area contributed by atoms with Crippen molar-refractivity contribution in [2.75, 3.05) is 12.9 Å². The normalized spacial score (nSPS) is 10.6. The van der Waals surface area contributed by atoms with Gasteiger partial charge in [0.05, 0.1) is 12.9 Å². The lowest BCUT2D eigenvalue weighted by Crippen LogP contribution is -2.25. The molecule has 0 fully saturated rings. The van der Waals surface area contributed by atoms with E-state index in [0.717, 1.165) is 29.1 Å². The van der Waals surface area contributed by atoms with Crippen molar-refractivity contribution in [3.63, 3.8) is 0 Å². The van der Waals surface area contributed by atoms with E-state index >= 15 is 0 Å². The molecule has 2 aromatic rings. The van der Waals surface area contributed by atoms with Gasteiger partial charge in [-0.05, 0) is 25.5 Å². The van der Waals surface area contributed by atoms with Gasteiger partial charge in [0.15, 0.2) is 0 Å². The summed E-state index contributed by atoms with van der Waals surface area (Å²) in [5.74, 6) is 1.55. The zero-order valence-corrected chi connectivity index (χ0v) is 14.6. The summed E-state index contributed by atoms with van der Waals surface area (Å²) >= 11 is 1.30. The number of carbonyl (C=O) groups is 1. The van der Waals surface area contributed by atoms with Crippen molar-refractivity contribution in [3.05, 3.63) is 28.7 Å². The van der Waals surface area contributed by atoms with Crippen molar-refractivity contribution in [1.29, 1.82) is 0 Å². The molecule has 0 atom stereocenters. The molecule has 2 aromatic heterocycles. The number of ether oxygens (including phenoxy) is 1. The van der Waals surface area contributed by atoms with Crippen molar-refractivity contribution in [2.45, 2.75) is 38.9 Å². The molecule has 0 radical (unpaired) electrons. The van der Waals surface area contributed by atoms with E-state index in [1.54, 1.807) is 7.11 Å². The first kappa shape index (κ1) is 17.3. The minimum absolute atomic E-state index is 0.0834. The van der Waals surface area contributed by atoms with Crippen LogP contribution in [0.15, 0.2) is 11.2 Å². The lowest BCUT2D eigenvalue weighted by atomic mass is 10.1. The molecule has 0 aromatic carbocycles. The van der Waals surface area contributed by atoms with Crippen LogP contribution in [0.1, 0.15) is 29.6 Å². The fourth-order valence-electron chi connectivity index (χ4n) is 2.08. The highest BCUT2D eigenvalue weighted by Crippen LogP contribution is 2.20. The molecule has 124 valence electrons. The van der Waals surface area contributed by atoms with Gasteiger partial charge in [-0.1, -0.05) is 18.7 Å². The van der Waals surface area contributed by atoms with Gasteiger partial charge in [0.25, 0.3) is 0 Å². The molecule has 0 aliphatic carbocycles. The molecule has 0 aliphatic rings. The highest BCUT2D eigenvalue weighted by molar-refractivity contribution is 7.99. The molecule has 8 heteroatoms. The van der Waals surface area contributed by atoms with Crippen LogP contribution in [-0.2, 0) is 17.8 Å². The summed E-state index contributed by atoms with van der Waals surface area (Å²) in [6.45, 7) is 6.27. The number of aromatic nitrogens is 4. The molecule has 2 rings (SSSR count). The molecule has 1 amide bonds. The van der Waals surface area contributed by atoms with Crippen LogP contribution in [0.4, 0.5) is 0 Å². The number of nitrogens with zero attached hydrogens (tertiary/aromatic N) is 3. The standard InChI is InChI=1S/C15H21N5O2S/c1-5-12-18-15(20-19-12)23-8-13(21)16-7-11-9(2)6-10(3)17-14(11)22-4/h6H,5,7-8H2,1-4H3,(H,16,21)(H,18,19,20). The van der Waals surface area contributed by atoms with Gasteiger partial charge in [-0.3, -0.25) is 9.89 Å². The summed E-state index contributed by atoms with van der Waals surface area (Å²) in [6, 6.07) is 1.97. The van der Waals surface area contributed by atoms with E-state index in [0.29, 0.717) is 17.6 Å². The van der Waals surface area contributed by atoms with Gasteiger partial charge < -0.3 is 10.1 Å². The number of aromatic amines is 1. The Hall–Kier alpha value is -2.09. The first-order chi connectivity index (χ1) is 11.0. The third-order valence-electron chi connectivity index (χ3n) is 3.27. The summed E-state index contributed by atoms with van der Waals surface area (Å²) in [4.78, 5) is 20.6. The Balaban J connectivity index is 1.89. The molecule has 0 aliphatic heterocycles. The molecule has 2 heterocycles. The number of hydrogen-bond donors (Lipinski definition) is 2. The fraction of sp³-hybridized carbons (Fsp3) is 0.467. The Labute approximate surface area is 139 Å².